The lowest BCUT2D eigenvalue weighted by molar-refractivity contribution is -0.116. The van der Waals surface area contributed by atoms with Crippen molar-refractivity contribution in [2.24, 2.45) is 0 Å². The van der Waals surface area contributed by atoms with Gasteiger partial charge in [0, 0.05) is 34.3 Å². The Morgan fingerprint density at radius 1 is 1.26 bits per heavy atom. The van der Waals surface area contributed by atoms with Gasteiger partial charge < -0.3 is 10.6 Å². The number of halogens is 1. The van der Waals surface area contributed by atoms with Gasteiger partial charge in [0.25, 0.3) is 5.91 Å². The van der Waals surface area contributed by atoms with Gasteiger partial charge in [0.15, 0.2) is 5.13 Å². The maximum atomic E-state index is 11.9. The highest BCUT2D eigenvalue weighted by atomic mass is 79.9. The molecule has 1 fully saturated rings. The van der Waals surface area contributed by atoms with Gasteiger partial charge in [0.2, 0.25) is 5.91 Å². The molecular weight excluding hydrogens is 378 g/mol. The predicted octanol–water partition coefficient (Wildman–Crippen LogP) is 3.54. The van der Waals surface area contributed by atoms with E-state index in [4.69, 9.17) is 0 Å². The summed E-state index contributed by atoms with van der Waals surface area (Å²) in [5.41, 5.74) is 1.65. The summed E-state index contributed by atoms with van der Waals surface area (Å²) in [5.74, 6) is 0.260. The van der Waals surface area contributed by atoms with E-state index in [1.54, 1.807) is 12.1 Å². The number of aromatic nitrogens is 1. The van der Waals surface area contributed by atoms with Crippen LogP contribution in [0.5, 0.6) is 0 Å². The van der Waals surface area contributed by atoms with Gasteiger partial charge in [0.05, 0.1) is 5.69 Å². The monoisotopic (exact) mass is 393 g/mol. The molecule has 7 heteroatoms. The van der Waals surface area contributed by atoms with E-state index in [9.17, 15) is 9.59 Å². The fraction of sp³-hybridized carbons (Fsp3) is 0.312. The van der Waals surface area contributed by atoms with E-state index in [2.05, 4.69) is 31.5 Å². The average Bonchev–Trinajstić information content (AvgIpc) is 3.28. The first-order chi connectivity index (χ1) is 11.1. The van der Waals surface area contributed by atoms with Crippen molar-refractivity contribution in [2.75, 3.05) is 11.9 Å². The fourth-order valence-corrected chi connectivity index (χ4v) is 3.16. The van der Waals surface area contributed by atoms with Gasteiger partial charge in [-0.2, -0.15) is 0 Å². The van der Waals surface area contributed by atoms with Crippen molar-refractivity contribution in [3.8, 4) is 0 Å². The molecule has 0 aliphatic heterocycles. The molecule has 2 amide bonds. The first-order valence-electron chi connectivity index (χ1n) is 7.41. The second-order valence-electron chi connectivity index (χ2n) is 5.41. The van der Waals surface area contributed by atoms with E-state index < -0.39 is 0 Å². The van der Waals surface area contributed by atoms with Crippen LogP contribution in [0.4, 0.5) is 5.13 Å². The minimum atomic E-state index is -0.185. The van der Waals surface area contributed by atoms with Crippen LogP contribution in [0.25, 0.3) is 0 Å². The topological polar surface area (TPSA) is 71.1 Å². The van der Waals surface area contributed by atoms with Gasteiger partial charge in [0.1, 0.15) is 0 Å². The SMILES string of the molecule is O=C(CCNC(=O)c1ccc(Br)cc1)Nc1nc(C2CC2)cs1. The molecule has 0 saturated heterocycles. The van der Waals surface area contributed by atoms with Crippen molar-refractivity contribution in [1.29, 1.82) is 0 Å². The second-order valence-corrected chi connectivity index (χ2v) is 7.19. The molecule has 1 saturated carbocycles. The number of hydrogen-bond donors (Lipinski definition) is 2. The van der Waals surface area contributed by atoms with Crippen molar-refractivity contribution < 1.29 is 9.59 Å². The van der Waals surface area contributed by atoms with E-state index in [1.165, 1.54) is 24.2 Å². The molecule has 1 aromatic carbocycles. The van der Waals surface area contributed by atoms with Gasteiger partial charge in [-0.25, -0.2) is 4.98 Å². The largest absolute Gasteiger partial charge is 0.352 e. The van der Waals surface area contributed by atoms with Crippen LogP contribution in [-0.2, 0) is 4.79 Å². The number of anilines is 1. The lowest BCUT2D eigenvalue weighted by Crippen LogP contribution is -2.27. The molecule has 0 unspecified atom stereocenters. The van der Waals surface area contributed by atoms with Crippen LogP contribution in [0, 0.1) is 0 Å². The number of amides is 2. The molecule has 1 heterocycles. The minimum Gasteiger partial charge on any atom is -0.352 e. The first-order valence-corrected chi connectivity index (χ1v) is 9.08. The zero-order valence-electron chi connectivity index (χ0n) is 12.3. The molecule has 1 aliphatic carbocycles. The molecule has 120 valence electrons. The zero-order chi connectivity index (χ0) is 16.2. The van der Waals surface area contributed by atoms with Gasteiger partial charge in [-0.05, 0) is 37.1 Å². The standard InChI is InChI=1S/C16H16BrN3O2S/c17-12-5-3-11(4-6-12)15(22)18-8-7-14(21)20-16-19-13(9-23-16)10-1-2-10/h3-6,9-10H,1-2,7-8H2,(H,18,22)(H,19,20,21). The highest BCUT2D eigenvalue weighted by Crippen LogP contribution is 2.40. The average molecular weight is 394 g/mol. The molecule has 2 aromatic rings. The van der Waals surface area contributed by atoms with Crippen molar-refractivity contribution >= 4 is 44.2 Å². The van der Waals surface area contributed by atoms with Gasteiger partial charge in [-0.15, -0.1) is 11.3 Å². The lowest BCUT2D eigenvalue weighted by atomic mass is 10.2. The molecule has 5 nitrogen and oxygen atoms in total. The van der Waals surface area contributed by atoms with Gasteiger partial charge >= 0.3 is 0 Å². The quantitative estimate of drug-likeness (QED) is 0.788. The van der Waals surface area contributed by atoms with Crippen LogP contribution in [-0.4, -0.2) is 23.3 Å². The second kappa shape index (κ2) is 7.23. The number of nitrogens with zero attached hydrogens (tertiary/aromatic N) is 1. The summed E-state index contributed by atoms with van der Waals surface area (Å²) in [7, 11) is 0. The van der Waals surface area contributed by atoms with Crippen LogP contribution in [0.15, 0.2) is 34.1 Å². The highest BCUT2D eigenvalue weighted by Gasteiger charge is 2.26. The third-order valence-corrected chi connectivity index (χ3v) is 4.81. The molecule has 1 aromatic heterocycles. The van der Waals surface area contributed by atoms with Gasteiger partial charge in [-0.1, -0.05) is 15.9 Å². The van der Waals surface area contributed by atoms with E-state index in [1.807, 2.05) is 17.5 Å². The molecule has 0 radical (unpaired) electrons. The number of carbonyl (C=O) groups is 2. The minimum absolute atomic E-state index is 0.141. The maximum Gasteiger partial charge on any atom is 0.251 e. The number of nitrogens with one attached hydrogen (secondary N) is 2. The van der Waals surface area contributed by atoms with E-state index >= 15 is 0 Å². The Hall–Kier alpha value is -1.73. The Morgan fingerprint density at radius 2 is 2.00 bits per heavy atom. The Kier molecular flexibility index (Phi) is 5.07. The number of rotatable bonds is 6. The Balaban J connectivity index is 1.41. The Morgan fingerprint density at radius 3 is 2.70 bits per heavy atom. The van der Waals surface area contributed by atoms with Crippen LogP contribution >= 0.6 is 27.3 Å². The molecule has 23 heavy (non-hydrogen) atoms. The maximum absolute atomic E-state index is 11.9. The van der Waals surface area contributed by atoms with Crippen molar-refractivity contribution in [2.45, 2.75) is 25.2 Å². The zero-order valence-corrected chi connectivity index (χ0v) is 14.7. The molecular formula is C16H16BrN3O2S. The number of thiazole rings is 1. The first kappa shape index (κ1) is 16.1. The molecule has 2 N–H and O–H groups in total. The predicted molar refractivity (Wildman–Crippen MR) is 93.8 cm³/mol. The molecule has 0 atom stereocenters. The third-order valence-electron chi connectivity index (χ3n) is 3.51. The third kappa shape index (κ3) is 4.62. The van der Waals surface area contributed by atoms with Crippen molar-refractivity contribution in [1.82, 2.24) is 10.3 Å². The molecule has 0 spiro atoms. The van der Waals surface area contributed by atoms with Crippen molar-refractivity contribution in [3.63, 3.8) is 0 Å². The van der Waals surface area contributed by atoms with E-state index in [0.717, 1.165) is 10.2 Å². The van der Waals surface area contributed by atoms with Crippen molar-refractivity contribution in [3.05, 3.63) is 45.4 Å². The number of carbonyl (C=O) groups excluding carboxylic acids is 2. The normalized spacial score (nSPS) is 13.6. The fourth-order valence-electron chi connectivity index (χ4n) is 2.08. The van der Waals surface area contributed by atoms with Crippen LogP contribution in [0.1, 0.15) is 41.2 Å². The summed E-state index contributed by atoms with van der Waals surface area (Å²) in [6.45, 7) is 0.293. The number of benzene rings is 1. The Labute approximate surface area is 146 Å². The smallest absolute Gasteiger partial charge is 0.251 e. The number of hydrogen-bond acceptors (Lipinski definition) is 4. The summed E-state index contributed by atoms with van der Waals surface area (Å²) in [4.78, 5) is 28.2. The Bertz CT molecular complexity index is 710. The lowest BCUT2D eigenvalue weighted by Gasteiger charge is -2.05. The van der Waals surface area contributed by atoms with E-state index in [-0.39, 0.29) is 18.2 Å². The van der Waals surface area contributed by atoms with Gasteiger partial charge in [-0.3, -0.25) is 9.59 Å². The van der Waals surface area contributed by atoms with Crippen LogP contribution in [0.2, 0.25) is 0 Å². The highest BCUT2D eigenvalue weighted by molar-refractivity contribution is 9.10. The molecule has 3 rings (SSSR count). The summed E-state index contributed by atoms with van der Waals surface area (Å²) in [6, 6.07) is 7.08. The summed E-state index contributed by atoms with van der Waals surface area (Å²) in [6.07, 6.45) is 2.61. The van der Waals surface area contributed by atoms with E-state index in [0.29, 0.717) is 23.2 Å². The summed E-state index contributed by atoms with van der Waals surface area (Å²) < 4.78 is 0.919. The van der Waals surface area contributed by atoms with Crippen LogP contribution < -0.4 is 10.6 Å². The molecule has 1 aliphatic rings. The summed E-state index contributed by atoms with van der Waals surface area (Å²) >= 11 is 4.77. The molecule has 0 bridgehead atoms. The summed E-state index contributed by atoms with van der Waals surface area (Å²) in [5, 5.41) is 8.15. The van der Waals surface area contributed by atoms with Crippen LogP contribution in [0.3, 0.4) is 0 Å².